The Kier molecular flexibility index (Phi) is 6.81. The normalized spacial score (nSPS) is 23.5. The maximum absolute atomic E-state index is 11.3. The van der Waals surface area contributed by atoms with E-state index in [1.165, 1.54) is 12.8 Å². The number of hydrogen-bond donors (Lipinski definition) is 2. The first-order valence-electron chi connectivity index (χ1n) is 6.49. The highest BCUT2D eigenvalue weighted by molar-refractivity contribution is 14.0. The van der Waals surface area contributed by atoms with E-state index in [1.807, 2.05) is 0 Å². The van der Waals surface area contributed by atoms with E-state index in [1.54, 1.807) is 7.05 Å². The van der Waals surface area contributed by atoms with Gasteiger partial charge < -0.3 is 10.6 Å². The lowest BCUT2D eigenvalue weighted by molar-refractivity contribution is 0.299. The number of halogens is 1. The summed E-state index contributed by atoms with van der Waals surface area (Å²) in [6.07, 6.45) is 2.45. The van der Waals surface area contributed by atoms with Crippen LogP contribution in [0.3, 0.4) is 0 Å². The van der Waals surface area contributed by atoms with Crippen LogP contribution in [0.1, 0.15) is 12.8 Å². The lowest BCUT2D eigenvalue weighted by Gasteiger charge is -2.26. The molecule has 0 aromatic rings. The van der Waals surface area contributed by atoms with E-state index in [0.717, 1.165) is 19.0 Å². The monoisotopic (exact) mass is 402 g/mol. The van der Waals surface area contributed by atoms with Crippen LogP contribution in [0.2, 0.25) is 0 Å². The first-order chi connectivity index (χ1) is 8.59. The van der Waals surface area contributed by atoms with Crippen LogP contribution in [0.25, 0.3) is 0 Å². The molecular formula is C11H23IN4O2S. The Hall–Kier alpha value is -0.0900. The van der Waals surface area contributed by atoms with E-state index in [-0.39, 0.29) is 24.0 Å². The SMILES string of the molecule is CN=C(NCCN1CCS(=O)(=O)CC1)NC1CC1.I. The van der Waals surface area contributed by atoms with Gasteiger partial charge in [0.05, 0.1) is 11.5 Å². The number of hydrogen-bond acceptors (Lipinski definition) is 4. The summed E-state index contributed by atoms with van der Waals surface area (Å²) in [5.41, 5.74) is 0. The molecule has 1 aliphatic heterocycles. The smallest absolute Gasteiger partial charge is 0.191 e. The first-order valence-corrected chi connectivity index (χ1v) is 8.31. The highest BCUT2D eigenvalue weighted by Crippen LogP contribution is 2.18. The summed E-state index contributed by atoms with van der Waals surface area (Å²) in [4.78, 5) is 6.33. The topological polar surface area (TPSA) is 73.8 Å². The molecule has 1 saturated carbocycles. The lowest BCUT2D eigenvalue weighted by Crippen LogP contribution is -2.46. The van der Waals surface area contributed by atoms with Gasteiger partial charge in [-0.15, -0.1) is 24.0 Å². The first kappa shape index (κ1) is 17.0. The Morgan fingerprint density at radius 3 is 2.47 bits per heavy atom. The standard InChI is InChI=1S/C11H22N4O2S.HI/c1-12-11(14-10-2-3-10)13-4-5-15-6-8-18(16,17)9-7-15;/h10H,2-9H2,1H3,(H2,12,13,14);1H. The number of guanidine groups is 1. The average Bonchev–Trinajstić information content (AvgIpc) is 3.14. The molecule has 0 bridgehead atoms. The molecular weight excluding hydrogens is 379 g/mol. The molecule has 0 aromatic heterocycles. The third-order valence-electron chi connectivity index (χ3n) is 3.30. The van der Waals surface area contributed by atoms with Gasteiger partial charge in [0.15, 0.2) is 15.8 Å². The summed E-state index contributed by atoms with van der Waals surface area (Å²) < 4.78 is 22.6. The number of nitrogens with one attached hydrogen (secondary N) is 2. The van der Waals surface area contributed by atoms with Gasteiger partial charge in [0, 0.05) is 39.3 Å². The number of rotatable bonds is 4. The molecule has 0 unspecified atom stereocenters. The Labute approximate surface area is 132 Å². The van der Waals surface area contributed by atoms with Gasteiger partial charge in [-0.3, -0.25) is 9.89 Å². The van der Waals surface area contributed by atoms with Crippen molar-refractivity contribution in [2.75, 3.05) is 44.7 Å². The molecule has 1 saturated heterocycles. The molecule has 19 heavy (non-hydrogen) atoms. The average molecular weight is 402 g/mol. The minimum atomic E-state index is -2.77. The van der Waals surface area contributed by atoms with Gasteiger partial charge in [-0.25, -0.2) is 8.42 Å². The van der Waals surface area contributed by atoms with Crippen LogP contribution < -0.4 is 10.6 Å². The van der Waals surface area contributed by atoms with Crippen molar-refractivity contribution >= 4 is 39.8 Å². The van der Waals surface area contributed by atoms with E-state index in [2.05, 4.69) is 20.5 Å². The molecule has 2 rings (SSSR count). The molecule has 0 radical (unpaired) electrons. The van der Waals surface area contributed by atoms with E-state index < -0.39 is 9.84 Å². The predicted molar refractivity (Wildman–Crippen MR) is 88.0 cm³/mol. The van der Waals surface area contributed by atoms with E-state index in [0.29, 0.717) is 30.6 Å². The summed E-state index contributed by atoms with van der Waals surface area (Å²) in [6, 6.07) is 0.594. The van der Waals surface area contributed by atoms with Crippen LogP contribution in [0.15, 0.2) is 4.99 Å². The van der Waals surface area contributed by atoms with Crippen LogP contribution in [0.4, 0.5) is 0 Å². The van der Waals surface area contributed by atoms with Gasteiger partial charge in [0.1, 0.15) is 0 Å². The minimum absolute atomic E-state index is 0. The molecule has 2 fully saturated rings. The van der Waals surface area contributed by atoms with Crippen molar-refractivity contribution in [1.82, 2.24) is 15.5 Å². The zero-order valence-corrected chi connectivity index (χ0v) is 14.4. The minimum Gasteiger partial charge on any atom is -0.355 e. The molecule has 1 heterocycles. The second kappa shape index (κ2) is 7.63. The van der Waals surface area contributed by atoms with Crippen molar-refractivity contribution in [3.63, 3.8) is 0 Å². The number of nitrogens with zero attached hydrogens (tertiary/aromatic N) is 2. The molecule has 2 N–H and O–H groups in total. The van der Waals surface area contributed by atoms with Gasteiger partial charge in [0.25, 0.3) is 0 Å². The van der Waals surface area contributed by atoms with Crippen LogP contribution >= 0.6 is 24.0 Å². The van der Waals surface area contributed by atoms with Crippen molar-refractivity contribution < 1.29 is 8.42 Å². The maximum Gasteiger partial charge on any atom is 0.191 e. The van der Waals surface area contributed by atoms with Crippen molar-refractivity contribution in [2.24, 2.45) is 4.99 Å². The molecule has 0 spiro atoms. The zero-order chi connectivity index (χ0) is 13.0. The molecule has 1 aliphatic carbocycles. The Morgan fingerprint density at radius 2 is 1.95 bits per heavy atom. The van der Waals surface area contributed by atoms with Gasteiger partial charge >= 0.3 is 0 Å². The molecule has 2 aliphatic rings. The Bertz CT molecular complexity index is 395. The number of aliphatic imine (C=N–C) groups is 1. The van der Waals surface area contributed by atoms with Gasteiger partial charge in [-0.2, -0.15) is 0 Å². The number of sulfone groups is 1. The summed E-state index contributed by atoms with van der Waals surface area (Å²) in [5.74, 6) is 1.44. The molecule has 0 aromatic carbocycles. The lowest BCUT2D eigenvalue weighted by atomic mass is 10.4. The fourth-order valence-corrected chi connectivity index (χ4v) is 3.20. The maximum atomic E-state index is 11.3. The third-order valence-corrected chi connectivity index (χ3v) is 4.91. The van der Waals surface area contributed by atoms with Crippen LogP contribution in [-0.2, 0) is 9.84 Å². The van der Waals surface area contributed by atoms with Crippen molar-refractivity contribution in [1.29, 1.82) is 0 Å². The summed E-state index contributed by atoms with van der Waals surface area (Å²) >= 11 is 0. The van der Waals surface area contributed by atoms with Gasteiger partial charge in [0.2, 0.25) is 0 Å². The van der Waals surface area contributed by atoms with Crippen LogP contribution in [0.5, 0.6) is 0 Å². The summed E-state index contributed by atoms with van der Waals surface area (Å²) in [7, 11) is -0.998. The summed E-state index contributed by atoms with van der Waals surface area (Å²) in [5, 5.41) is 6.57. The molecule has 112 valence electrons. The van der Waals surface area contributed by atoms with Crippen LogP contribution in [-0.4, -0.2) is 70.1 Å². The molecule has 0 amide bonds. The van der Waals surface area contributed by atoms with Crippen molar-refractivity contribution in [3.8, 4) is 0 Å². The van der Waals surface area contributed by atoms with E-state index >= 15 is 0 Å². The molecule has 8 heteroatoms. The quantitative estimate of drug-likeness (QED) is 0.383. The second-order valence-corrected chi connectivity index (χ2v) is 7.21. The van der Waals surface area contributed by atoms with Crippen molar-refractivity contribution in [3.05, 3.63) is 0 Å². The van der Waals surface area contributed by atoms with Crippen LogP contribution in [0, 0.1) is 0 Å². The second-order valence-electron chi connectivity index (χ2n) is 4.91. The highest BCUT2D eigenvalue weighted by Gasteiger charge is 2.23. The summed E-state index contributed by atoms with van der Waals surface area (Å²) in [6.45, 7) is 2.96. The fourth-order valence-electron chi connectivity index (χ4n) is 1.92. The fraction of sp³-hybridized carbons (Fsp3) is 0.909. The Morgan fingerprint density at radius 1 is 1.32 bits per heavy atom. The predicted octanol–water partition coefficient (Wildman–Crippen LogP) is -0.338. The molecule has 0 atom stereocenters. The molecule has 6 nitrogen and oxygen atoms in total. The van der Waals surface area contributed by atoms with E-state index in [4.69, 9.17) is 0 Å². The van der Waals surface area contributed by atoms with E-state index in [9.17, 15) is 8.42 Å². The Balaban J connectivity index is 0.00000180. The largest absolute Gasteiger partial charge is 0.355 e. The third kappa shape index (κ3) is 6.26. The highest BCUT2D eigenvalue weighted by atomic mass is 127. The van der Waals surface area contributed by atoms with Gasteiger partial charge in [-0.1, -0.05) is 0 Å². The van der Waals surface area contributed by atoms with Gasteiger partial charge in [-0.05, 0) is 12.8 Å². The zero-order valence-electron chi connectivity index (χ0n) is 11.3. The van der Waals surface area contributed by atoms with Crippen molar-refractivity contribution in [2.45, 2.75) is 18.9 Å².